The zero-order chi connectivity index (χ0) is 12.7. The zero-order valence-electron chi connectivity index (χ0n) is 11.2. The number of rotatable bonds is 6. The topological polar surface area (TPSA) is 55.6 Å². The molecule has 1 fully saturated rings. The van der Waals surface area contributed by atoms with Crippen molar-refractivity contribution < 1.29 is 9.53 Å². The maximum absolute atomic E-state index is 12.0. The molecule has 2 atom stereocenters. The molecule has 0 aliphatic carbocycles. The van der Waals surface area contributed by atoms with Gasteiger partial charge in [0.2, 0.25) is 5.91 Å². The molecule has 4 heteroatoms. The molecule has 1 saturated heterocycles. The van der Waals surface area contributed by atoms with Gasteiger partial charge < -0.3 is 15.4 Å². The molecule has 17 heavy (non-hydrogen) atoms. The molecule has 1 amide bonds. The van der Waals surface area contributed by atoms with Gasteiger partial charge in [-0.25, -0.2) is 0 Å². The lowest BCUT2D eigenvalue weighted by Gasteiger charge is -2.35. The SMILES string of the molecule is CC1CN(C(=O)CCCCCCN)CC(C)O1. The van der Waals surface area contributed by atoms with Crippen LogP contribution in [0.15, 0.2) is 0 Å². The van der Waals surface area contributed by atoms with E-state index in [1.54, 1.807) is 0 Å². The summed E-state index contributed by atoms with van der Waals surface area (Å²) in [5.41, 5.74) is 5.43. The third-order valence-corrected chi connectivity index (χ3v) is 3.12. The molecule has 1 aliphatic heterocycles. The van der Waals surface area contributed by atoms with Crippen LogP contribution in [0.4, 0.5) is 0 Å². The van der Waals surface area contributed by atoms with Crippen molar-refractivity contribution in [2.75, 3.05) is 19.6 Å². The Bertz CT molecular complexity index is 223. The van der Waals surface area contributed by atoms with E-state index in [4.69, 9.17) is 10.5 Å². The first-order chi connectivity index (χ1) is 8.13. The highest BCUT2D eigenvalue weighted by Crippen LogP contribution is 2.13. The molecule has 0 aromatic heterocycles. The van der Waals surface area contributed by atoms with Gasteiger partial charge in [-0.1, -0.05) is 12.8 Å². The third-order valence-electron chi connectivity index (χ3n) is 3.12. The van der Waals surface area contributed by atoms with Gasteiger partial charge in [-0.3, -0.25) is 4.79 Å². The standard InChI is InChI=1S/C13H26N2O2/c1-11-9-15(10-12(2)17-11)13(16)7-5-3-4-6-8-14/h11-12H,3-10,14H2,1-2H3. The molecular formula is C13H26N2O2. The number of unbranched alkanes of at least 4 members (excludes halogenated alkanes) is 3. The van der Waals surface area contributed by atoms with Crippen LogP contribution in [0.25, 0.3) is 0 Å². The molecule has 100 valence electrons. The van der Waals surface area contributed by atoms with Gasteiger partial charge >= 0.3 is 0 Å². The minimum absolute atomic E-state index is 0.167. The van der Waals surface area contributed by atoms with Gasteiger partial charge in [-0.15, -0.1) is 0 Å². The lowest BCUT2D eigenvalue weighted by Crippen LogP contribution is -2.48. The highest BCUT2D eigenvalue weighted by molar-refractivity contribution is 5.76. The maximum Gasteiger partial charge on any atom is 0.222 e. The van der Waals surface area contributed by atoms with E-state index in [2.05, 4.69) is 0 Å². The number of amides is 1. The van der Waals surface area contributed by atoms with Crippen LogP contribution in [0.1, 0.15) is 46.0 Å². The first-order valence-corrected chi connectivity index (χ1v) is 6.76. The summed E-state index contributed by atoms with van der Waals surface area (Å²) in [4.78, 5) is 13.9. The molecule has 0 bridgehead atoms. The van der Waals surface area contributed by atoms with E-state index in [9.17, 15) is 4.79 Å². The number of carbonyl (C=O) groups is 1. The van der Waals surface area contributed by atoms with Crippen molar-refractivity contribution in [1.82, 2.24) is 4.90 Å². The van der Waals surface area contributed by atoms with Crippen LogP contribution in [-0.2, 0) is 9.53 Å². The second-order valence-corrected chi connectivity index (χ2v) is 5.01. The van der Waals surface area contributed by atoms with Crippen molar-refractivity contribution >= 4 is 5.91 Å². The fourth-order valence-corrected chi connectivity index (χ4v) is 2.31. The summed E-state index contributed by atoms with van der Waals surface area (Å²) in [6.07, 6.45) is 5.31. The van der Waals surface area contributed by atoms with Gasteiger partial charge in [0, 0.05) is 19.5 Å². The molecule has 2 unspecified atom stereocenters. The minimum atomic E-state index is 0.167. The zero-order valence-corrected chi connectivity index (χ0v) is 11.2. The Morgan fingerprint density at radius 1 is 1.18 bits per heavy atom. The summed E-state index contributed by atoms with van der Waals surface area (Å²) in [5.74, 6) is 0.278. The predicted molar refractivity (Wildman–Crippen MR) is 68.7 cm³/mol. The highest BCUT2D eigenvalue weighted by Gasteiger charge is 2.25. The van der Waals surface area contributed by atoms with Crippen LogP contribution in [0.2, 0.25) is 0 Å². The predicted octanol–water partition coefficient (Wildman–Crippen LogP) is 1.53. The highest BCUT2D eigenvalue weighted by atomic mass is 16.5. The second kappa shape index (κ2) is 7.67. The molecule has 1 aliphatic rings. The summed E-state index contributed by atoms with van der Waals surface area (Å²) >= 11 is 0. The summed E-state index contributed by atoms with van der Waals surface area (Å²) in [7, 11) is 0. The van der Waals surface area contributed by atoms with E-state index < -0.39 is 0 Å². The Morgan fingerprint density at radius 3 is 2.35 bits per heavy atom. The molecule has 2 N–H and O–H groups in total. The molecule has 0 saturated carbocycles. The van der Waals surface area contributed by atoms with Crippen LogP contribution in [0.3, 0.4) is 0 Å². The largest absolute Gasteiger partial charge is 0.372 e. The summed E-state index contributed by atoms with van der Waals surface area (Å²) in [6.45, 7) is 6.29. The second-order valence-electron chi connectivity index (χ2n) is 5.01. The molecule has 0 aromatic carbocycles. The maximum atomic E-state index is 12.0. The first kappa shape index (κ1) is 14.5. The molecule has 0 aromatic rings. The number of hydrogen-bond donors (Lipinski definition) is 1. The summed E-state index contributed by atoms with van der Waals surface area (Å²) < 4.78 is 5.62. The molecule has 1 heterocycles. The van der Waals surface area contributed by atoms with Crippen LogP contribution in [0, 0.1) is 0 Å². The number of morpholine rings is 1. The molecule has 0 radical (unpaired) electrons. The monoisotopic (exact) mass is 242 g/mol. The number of nitrogens with zero attached hydrogens (tertiary/aromatic N) is 1. The fourth-order valence-electron chi connectivity index (χ4n) is 2.31. The van der Waals surface area contributed by atoms with E-state index in [1.165, 1.54) is 0 Å². The summed E-state index contributed by atoms with van der Waals surface area (Å²) in [6, 6.07) is 0. The Balaban J connectivity index is 2.18. The Hall–Kier alpha value is -0.610. The van der Waals surface area contributed by atoms with Crippen LogP contribution >= 0.6 is 0 Å². The number of ether oxygens (including phenoxy) is 1. The van der Waals surface area contributed by atoms with Gasteiger partial charge in [0.05, 0.1) is 12.2 Å². The minimum Gasteiger partial charge on any atom is -0.372 e. The molecule has 1 rings (SSSR count). The van der Waals surface area contributed by atoms with Gasteiger partial charge in [0.15, 0.2) is 0 Å². The van der Waals surface area contributed by atoms with Gasteiger partial charge in [0.1, 0.15) is 0 Å². The van der Waals surface area contributed by atoms with Gasteiger partial charge in [0.25, 0.3) is 0 Å². The van der Waals surface area contributed by atoms with Crippen molar-refractivity contribution in [3.05, 3.63) is 0 Å². The lowest BCUT2D eigenvalue weighted by molar-refractivity contribution is -0.143. The molecule has 0 spiro atoms. The van der Waals surface area contributed by atoms with Crippen LogP contribution in [-0.4, -0.2) is 42.6 Å². The number of nitrogens with two attached hydrogens (primary N) is 1. The van der Waals surface area contributed by atoms with Crippen LogP contribution < -0.4 is 5.73 Å². The smallest absolute Gasteiger partial charge is 0.222 e. The molecular weight excluding hydrogens is 216 g/mol. The van der Waals surface area contributed by atoms with Crippen molar-refractivity contribution in [3.8, 4) is 0 Å². The number of hydrogen-bond acceptors (Lipinski definition) is 3. The lowest BCUT2D eigenvalue weighted by atomic mass is 10.1. The Kier molecular flexibility index (Phi) is 6.52. The van der Waals surface area contributed by atoms with E-state index in [0.717, 1.165) is 45.3 Å². The van der Waals surface area contributed by atoms with Crippen molar-refractivity contribution in [3.63, 3.8) is 0 Å². The molecule has 4 nitrogen and oxygen atoms in total. The first-order valence-electron chi connectivity index (χ1n) is 6.76. The van der Waals surface area contributed by atoms with Crippen molar-refractivity contribution in [2.24, 2.45) is 5.73 Å². The Labute approximate surface area is 104 Å². The number of carbonyl (C=O) groups excluding carboxylic acids is 1. The van der Waals surface area contributed by atoms with Crippen molar-refractivity contribution in [2.45, 2.75) is 58.2 Å². The van der Waals surface area contributed by atoms with E-state index in [0.29, 0.717) is 6.42 Å². The average Bonchev–Trinajstić information content (AvgIpc) is 2.27. The van der Waals surface area contributed by atoms with E-state index in [-0.39, 0.29) is 18.1 Å². The third kappa shape index (κ3) is 5.50. The normalized spacial score (nSPS) is 25.0. The van der Waals surface area contributed by atoms with E-state index >= 15 is 0 Å². The van der Waals surface area contributed by atoms with Crippen LogP contribution in [0.5, 0.6) is 0 Å². The quantitative estimate of drug-likeness (QED) is 0.719. The average molecular weight is 242 g/mol. The van der Waals surface area contributed by atoms with Gasteiger partial charge in [-0.05, 0) is 33.2 Å². The van der Waals surface area contributed by atoms with E-state index in [1.807, 2.05) is 18.7 Å². The Morgan fingerprint density at radius 2 is 1.76 bits per heavy atom. The van der Waals surface area contributed by atoms with Crippen molar-refractivity contribution in [1.29, 1.82) is 0 Å². The summed E-state index contributed by atoms with van der Waals surface area (Å²) in [5, 5.41) is 0. The van der Waals surface area contributed by atoms with Gasteiger partial charge in [-0.2, -0.15) is 0 Å². The fraction of sp³-hybridized carbons (Fsp3) is 0.923.